The molecule has 2 N–H and O–H groups in total. The van der Waals surface area contributed by atoms with Crippen LogP contribution in [0, 0.1) is 0 Å². The Kier molecular flexibility index (Phi) is 8.96. The molecule has 0 aliphatic heterocycles. The Hall–Kier alpha value is -1.86. The van der Waals surface area contributed by atoms with Crippen molar-refractivity contribution in [3.63, 3.8) is 0 Å². The molecule has 2 aromatic heterocycles. The molecule has 0 aliphatic carbocycles. The highest BCUT2D eigenvalue weighted by atomic mass is 16.5. The first-order valence-corrected chi connectivity index (χ1v) is 8.26. The normalized spacial score (nSPS) is 11.1. The summed E-state index contributed by atoms with van der Waals surface area (Å²) in [5.41, 5.74) is 7.45. The molecule has 0 aliphatic rings. The van der Waals surface area contributed by atoms with Crippen LogP contribution >= 0.6 is 0 Å². The molecule has 2 heterocycles. The van der Waals surface area contributed by atoms with Gasteiger partial charge in [0.25, 0.3) is 0 Å². The highest BCUT2D eigenvalue weighted by Gasteiger charge is 2.08. The number of pyridine rings is 2. The second kappa shape index (κ2) is 11.6. The van der Waals surface area contributed by atoms with E-state index in [0.29, 0.717) is 33.0 Å². The third kappa shape index (κ3) is 7.61. The molecule has 0 radical (unpaired) electrons. The van der Waals surface area contributed by atoms with Crippen LogP contribution in [0.15, 0.2) is 48.8 Å². The van der Waals surface area contributed by atoms with Crippen molar-refractivity contribution >= 4 is 0 Å². The molecule has 6 heteroatoms. The summed E-state index contributed by atoms with van der Waals surface area (Å²) in [5, 5.41) is 0. The van der Waals surface area contributed by atoms with Crippen molar-refractivity contribution in [3.05, 3.63) is 60.2 Å². The molecule has 0 aromatic carbocycles. The third-order valence-electron chi connectivity index (χ3n) is 3.41. The summed E-state index contributed by atoms with van der Waals surface area (Å²) < 4.78 is 10.9. The quantitative estimate of drug-likeness (QED) is 0.594. The fourth-order valence-electron chi connectivity index (χ4n) is 2.25. The van der Waals surface area contributed by atoms with Gasteiger partial charge in [-0.2, -0.15) is 0 Å². The summed E-state index contributed by atoms with van der Waals surface area (Å²) in [6, 6.07) is 11.9. The van der Waals surface area contributed by atoms with Crippen molar-refractivity contribution in [2.75, 3.05) is 39.5 Å². The van der Waals surface area contributed by atoms with Crippen molar-refractivity contribution in [1.29, 1.82) is 0 Å². The minimum atomic E-state index is 0.544. The van der Waals surface area contributed by atoms with Gasteiger partial charge in [0.1, 0.15) is 0 Å². The van der Waals surface area contributed by atoms with Gasteiger partial charge in [0.2, 0.25) is 0 Å². The van der Waals surface area contributed by atoms with Gasteiger partial charge in [0.15, 0.2) is 0 Å². The van der Waals surface area contributed by atoms with E-state index in [9.17, 15) is 0 Å². The standard InChI is InChI=1S/C18H26N4O2/c19-7-11-23-13-14-24-12-10-22(15-17-5-1-3-8-20-17)16-18-6-2-4-9-21-18/h1-6,8-9H,7,10-16,19H2. The van der Waals surface area contributed by atoms with E-state index in [1.807, 2.05) is 48.8 Å². The Morgan fingerprint density at radius 3 is 1.88 bits per heavy atom. The SMILES string of the molecule is NCCOCCOCCN(Cc1ccccn1)Cc1ccccn1. The average molecular weight is 330 g/mol. The number of hydrogen-bond donors (Lipinski definition) is 1. The Labute approximate surface area is 143 Å². The van der Waals surface area contributed by atoms with Crippen LogP contribution in [0.1, 0.15) is 11.4 Å². The molecule has 2 rings (SSSR count). The van der Waals surface area contributed by atoms with Crippen LogP contribution in [0.4, 0.5) is 0 Å². The lowest BCUT2D eigenvalue weighted by atomic mass is 10.3. The van der Waals surface area contributed by atoms with Crippen molar-refractivity contribution in [2.24, 2.45) is 5.73 Å². The Morgan fingerprint density at radius 1 is 0.792 bits per heavy atom. The zero-order chi connectivity index (χ0) is 16.9. The van der Waals surface area contributed by atoms with E-state index in [4.69, 9.17) is 15.2 Å². The summed E-state index contributed by atoms with van der Waals surface area (Å²) in [6.07, 6.45) is 3.64. The van der Waals surface area contributed by atoms with Crippen LogP contribution in [-0.2, 0) is 22.6 Å². The van der Waals surface area contributed by atoms with Crippen LogP contribution in [0.3, 0.4) is 0 Å². The third-order valence-corrected chi connectivity index (χ3v) is 3.41. The van der Waals surface area contributed by atoms with E-state index in [1.165, 1.54) is 0 Å². The van der Waals surface area contributed by atoms with E-state index in [0.717, 1.165) is 31.0 Å². The molecular formula is C18H26N4O2. The molecule has 0 fully saturated rings. The van der Waals surface area contributed by atoms with Gasteiger partial charge in [-0.15, -0.1) is 0 Å². The fraction of sp³-hybridized carbons (Fsp3) is 0.444. The smallest absolute Gasteiger partial charge is 0.0701 e. The average Bonchev–Trinajstić information content (AvgIpc) is 2.62. The lowest BCUT2D eigenvalue weighted by Crippen LogP contribution is -2.28. The number of hydrogen-bond acceptors (Lipinski definition) is 6. The van der Waals surface area contributed by atoms with Gasteiger partial charge < -0.3 is 15.2 Å². The summed E-state index contributed by atoms with van der Waals surface area (Å²) in [4.78, 5) is 11.1. The lowest BCUT2D eigenvalue weighted by Gasteiger charge is -2.21. The number of nitrogens with two attached hydrogens (primary N) is 1. The van der Waals surface area contributed by atoms with Crippen LogP contribution < -0.4 is 5.73 Å². The van der Waals surface area contributed by atoms with Crippen molar-refractivity contribution in [2.45, 2.75) is 13.1 Å². The van der Waals surface area contributed by atoms with Gasteiger partial charge in [-0.1, -0.05) is 12.1 Å². The lowest BCUT2D eigenvalue weighted by molar-refractivity contribution is 0.0390. The molecular weight excluding hydrogens is 304 g/mol. The molecule has 130 valence electrons. The molecule has 0 spiro atoms. The first kappa shape index (κ1) is 18.5. The maximum atomic E-state index is 5.64. The zero-order valence-corrected chi connectivity index (χ0v) is 14.0. The highest BCUT2D eigenvalue weighted by Crippen LogP contribution is 2.06. The Morgan fingerprint density at radius 2 is 1.38 bits per heavy atom. The van der Waals surface area contributed by atoms with Gasteiger partial charge in [0, 0.05) is 38.6 Å². The van der Waals surface area contributed by atoms with Crippen molar-refractivity contribution in [1.82, 2.24) is 14.9 Å². The fourth-order valence-corrected chi connectivity index (χ4v) is 2.25. The minimum absolute atomic E-state index is 0.544. The number of rotatable bonds is 12. The predicted molar refractivity (Wildman–Crippen MR) is 93.3 cm³/mol. The van der Waals surface area contributed by atoms with Gasteiger partial charge in [-0.05, 0) is 24.3 Å². The van der Waals surface area contributed by atoms with E-state index < -0.39 is 0 Å². The second-order valence-corrected chi connectivity index (χ2v) is 5.37. The summed E-state index contributed by atoms with van der Waals surface area (Å²) in [7, 11) is 0. The van der Waals surface area contributed by atoms with Crippen LogP contribution in [0.5, 0.6) is 0 Å². The number of nitrogens with zero attached hydrogens (tertiary/aromatic N) is 3. The van der Waals surface area contributed by atoms with Gasteiger partial charge >= 0.3 is 0 Å². The molecule has 24 heavy (non-hydrogen) atoms. The molecule has 0 bridgehead atoms. The second-order valence-electron chi connectivity index (χ2n) is 5.37. The molecule has 2 aromatic rings. The first-order valence-electron chi connectivity index (χ1n) is 8.26. The zero-order valence-electron chi connectivity index (χ0n) is 14.0. The summed E-state index contributed by atoms with van der Waals surface area (Å²) in [6.45, 7) is 5.28. The van der Waals surface area contributed by atoms with Crippen LogP contribution in [0.25, 0.3) is 0 Å². The van der Waals surface area contributed by atoms with Crippen LogP contribution in [-0.4, -0.2) is 54.4 Å². The Balaban J connectivity index is 1.79. The molecule has 0 atom stereocenters. The monoisotopic (exact) mass is 330 g/mol. The van der Waals surface area contributed by atoms with Crippen molar-refractivity contribution < 1.29 is 9.47 Å². The van der Waals surface area contributed by atoms with E-state index in [1.54, 1.807) is 0 Å². The molecule has 6 nitrogen and oxygen atoms in total. The van der Waals surface area contributed by atoms with E-state index >= 15 is 0 Å². The molecule has 0 unspecified atom stereocenters. The topological polar surface area (TPSA) is 73.5 Å². The van der Waals surface area contributed by atoms with E-state index in [2.05, 4.69) is 14.9 Å². The maximum Gasteiger partial charge on any atom is 0.0701 e. The largest absolute Gasteiger partial charge is 0.378 e. The molecule has 0 saturated carbocycles. The minimum Gasteiger partial charge on any atom is -0.378 e. The molecule has 0 saturated heterocycles. The van der Waals surface area contributed by atoms with Gasteiger partial charge in [0.05, 0.1) is 37.8 Å². The first-order chi connectivity index (χ1) is 11.9. The Bertz CT molecular complexity index is 498. The van der Waals surface area contributed by atoms with Gasteiger partial charge in [-0.3, -0.25) is 14.9 Å². The van der Waals surface area contributed by atoms with Crippen molar-refractivity contribution in [3.8, 4) is 0 Å². The number of aromatic nitrogens is 2. The van der Waals surface area contributed by atoms with Crippen LogP contribution in [0.2, 0.25) is 0 Å². The number of ether oxygens (including phenoxy) is 2. The predicted octanol–water partition coefficient (Wildman–Crippen LogP) is 1.47. The maximum absolute atomic E-state index is 5.64. The summed E-state index contributed by atoms with van der Waals surface area (Å²) in [5.74, 6) is 0. The highest BCUT2D eigenvalue weighted by molar-refractivity contribution is 5.06. The molecule has 0 amide bonds. The van der Waals surface area contributed by atoms with Gasteiger partial charge in [-0.25, -0.2) is 0 Å². The summed E-state index contributed by atoms with van der Waals surface area (Å²) >= 11 is 0. The van der Waals surface area contributed by atoms with E-state index in [-0.39, 0.29) is 0 Å².